The maximum Gasteiger partial charge on any atom is 0.202 e. The van der Waals surface area contributed by atoms with Crippen molar-refractivity contribution in [1.82, 2.24) is 9.55 Å². The Morgan fingerprint density at radius 3 is 2.50 bits per heavy atom. The molecule has 0 bridgehead atoms. The van der Waals surface area contributed by atoms with Gasteiger partial charge in [0.2, 0.25) is 5.95 Å². The van der Waals surface area contributed by atoms with Crippen LogP contribution in [-0.2, 0) is 6.54 Å². The molecule has 0 atom stereocenters. The predicted octanol–water partition coefficient (Wildman–Crippen LogP) is 3.78. The minimum absolute atomic E-state index is 0.442. The van der Waals surface area contributed by atoms with Crippen LogP contribution in [0.25, 0.3) is 0 Å². The summed E-state index contributed by atoms with van der Waals surface area (Å²) < 4.78 is 2.27. The minimum Gasteiger partial charge on any atom is -0.356 e. The Kier molecular flexibility index (Phi) is 3.43. The Labute approximate surface area is 111 Å². The number of hydrogen-bond donors (Lipinski definition) is 1. The van der Waals surface area contributed by atoms with Crippen LogP contribution in [0.5, 0.6) is 0 Å². The highest BCUT2D eigenvalue weighted by atomic mass is 15.2. The standard InChI is InChI=1S/C15H27N3/c1-6-7-8-16-13-17-9-10-18(13)11-12-14(2,3)15(12,4)5/h9-10,12H,6-8,11H2,1-5H3,(H,16,17). The van der Waals surface area contributed by atoms with Crippen LogP contribution in [-0.4, -0.2) is 16.1 Å². The first-order valence-electron chi connectivity index (χ1n) is 7.16. The highest BCUT2D eigenvalue weighted by molar-refractivity contribution is 5.26. The van der Waals surface area contributed by atoms with E-state index in [0.29, 0.717) is 10.8 Å². The first kappa shape index (κ1) is 13.4. The van der Waals surface area contributed by atoms with E-state index in [9.17, 15) is 0 Å². The highest BCUT2D eigenvalue weighted by Gasteiger charge is 2.64. The van der Waals surface area contributed by atoms with Crippen LogP contribution in [0.15, 0.2) is 12.4 Å². The largest absolute Gasteiger partial charge is 0.356 e. The molecule has 102 valence electrons. The van der Waals surface area contributed by atoms with Crippen LogP contribution in [0.2, 0.25) is 0 Å². The summed E-state index contributed by atoms with van der Waals surface area (Å²) in [5.41, 5.74) is 0.885. The van der Waals surface area contributed by atoms with Crippen LogP contribution >= 0.6 is 0 Å². The molecule has 0 radical (unpaired) electrons. The van der Waals surface area contributed by atoms with E-state index in [1.54, 1.807) is 0 Å². The fraction of sp³-hybridized carbons (Fsp3) is 0.800. The molecular formula is C15H27N3. The van der Waals surface area contributed by atoms with Gasteiger partial charge in [-0.3, -0.25) is 0 Å². The third-order valence-electron chi connectivity index (χ3n) is 5.23. The third-order valence-corrected chi connectivity index (χ3v) is 5.23. The molecule has 0 spiro atoms. The van der Waals surface area contributed by atoms with Crippen LogP contribution in [0.4, 0.5) is 5.95 Å². The van der Waals surface area contributed by atoms with E-state index >= 15 is 0 Å². The van der Waals surface area contributed by atoms with Crippen LogP contribution in [0.3, 0.4) is 0 Å². The zero-order valence-electron chi connectivity index (χ0n) is 12.5. The van der Waals surface area contributed by atoms with Crippen molar-refractivity contribution in [1.29, 1.82) is 0 Å². The fourth-order valence-electron chi connectivity index (χ4n) is 2.99. The summed E-state index contributed by atoms with van der Waals surface area (Å²) in [6, 6.07) is 0. The predicted molar refractivity (Wildman–Crippen MR) is 76.7 cm³/mol. The fourth-order valence-corrected chi connectivity index (χ4v) is 2.99. The van der Waals surface area contributed by atoms with Crippen molar-refractivity contribution in [2.75, 3.05) is 11.9 Å². The monoisotopic (exact) mass is 249 g/mol. The number of nitrogens with one attached hydrogen (secondary N) is 1. The molecule has 2 rings (SSSR count). The first-order chi connectivity index (χ1) is 8.41. The van der Waals surface area contributed by atoms with Gasteiger partial charge in [-0.05, 0) is 23.2 Å². The van der Waals surface area contributed by atoms with Crippen molar-refractivity contribution in [2.45, 2.75) is 54.0 Å². The lowest BCUT2D eigenvalue weighted by Gasteiger charge is -2.10. The molecule has 3 heteroatoms. The van der Waals surface area contributed by atoms with Gasteiger partial charge >= 0.3 is 0 Å². The van der Waals surface area contributed by atoms with E-state index in [4.69, 9.17) is 0 Å². The maximum absolute atomic E-state index is 4.42. The Morgan fingerprint density at radius 2 is 1.94 bits per heavy atom. The summed E-state index contributed by atoms with van der Waals surface area (Å²) in [4.78, 5) is 4.42. The van der Waals surface area contributed by atoms with Gasteiger partial charge in [0.15, 0.2) is 0 Å². The Hall–Kier alpha value is -0.990. The summed E-state index contributed by atoms with van der Waals surface area (Å²) in [6.07, 6.45) is 6.42. The molecule has 0 aromatic carbocycles. The zero-order valence-corrected chi connectivity index (χ0v) is 12.5. The molecule has 1 N–H and O–H groups in total. The first-order valence-corrected chi connectivity index (χ1v) is 7.16. The van der Waals surface area contributed by atoms with Gasteiger partial charge < -0.3 is 9.88 Å². The van der Waals surface area contributed by atoms with E-state index in [-0.39, 0.29) is 0 Å². The summed E-state index contributed by atoms with van der Waals surface area (Å²) >= 11 is 0. The van der Waals surface area contributed by atoms with E-state index < -0.39 is 0 Å². The summed E-state index contributed by atoms with van der Waals surface area (Å²) in [7, 11) is 0. The quantitative estimate of drug-likeness (QED) is 0.778. The van der Waals surface area contributed by atoms with Gasteiger partial charge in [0.05, 0.1) is 0 Å². The molecule has 3 nitrogen and oxygen atoms in total. The second kappa shape index (κ2) is 4.60. The number of hydrogen-bond acceptors (Lipinski definition) is 2. The van der Waals surface area contributed by atoms with Gasteiger partial charge in [0.25, 0.3) is 0 Å². The normalized spacial score (nSPS) is 20.9. The van der Waals surface area contributed by atoms with Crippen molar-refractivity contribution in [3.63, 3.8) is 0 Å². The molecule has 1 fully saturated rings. The van der Waals surface area contributed by atoms with Crippen molar-refractivity contribution in [3.8, 4) is 0 Å². The lowest BCUT2D eigenvalue weighted by atomic mass is 10.0. The molecule has 0 amide bonds. The van der Waals surface area contributed by atoms with Crippen molar-refractivity contribution >= 4 is 5.95 Å². The second-order valence-electron chi connectivity index (χ2n) is 6.68. The number of nitrogens with zero attached hydrogens (tertiary/aromatic N) is 2. The molecule has 0 unspecified atom stereocenters. The molecule has 18 heavy (non-hydrogen) atoms. The zero-order chi connectivity index (χ0) is 13.4. The van der Waals surface area contributed by atoms with Gasteiger partial charge in [0, 0.05) is 25.5 Å². The number of imidazole rings is 1. The van der Waals surface area contributed by atoms with E-state index in [0.717, 1.165) is 25.0 Å². The Bertz CT molecular complexity index is 390. The average Bonchev–Trinajstić information content (AvgIpc) is 2.68. The second-order valence-corrected chi connectivity index (χ2v) is 6.68. The number of anilines is 1. The van der Waals surface area contributed by atoms with Gasteiger partial charge in [-0.1, -0.05) is 41.0 Å². The summed E-state index contributed by atoms with van der Waals surface area (Å²) in [5, 5.41) is 3.43. The Balaban J connectivity index is 1.97. The molecule has 1 aliphatic carbocycles. The smallest absolute Gasteiger partial charge is 0.202 e. The molecule has 1 heterocycles. The number of aromatic nitrogens is 2. The van der Waals surface area contributed by atoms with E-state index in [1.807, 2.05) is 6.20 Å². The maximum atomic E-state index is 4.42. The van der Waals surface area contributed by atoms with E-state index in [1.165, 1.54) is 12.8 Å². The van der Waals surface area contributed by atoms with Crippen LogP contribution in [0.1, 0.15) is 47.5 Å². The average molecular weight is 249 g/mol. The van der Waals surface area contributed by atoms with Gasteiger partial charge in [-0.15, -0.1) is 0 Å². The number of rotatable bonds is 6. The summed E-state index contributed by atoms with van der Waals surface area (Å²) in [6.45, 7) is 13.8. The van der Waals surface area contributed by atoms with Crippen molar-refractivity contribution in [3.05, 3.63) is 12.4 Å². The molecular weight excluding hydrogens is 222 g/mol. The van der Waals surface area contributed by atoms with Gasteiger partial charge in [-0.2, -0.15) is 0 Å². The molecule has 0 saturated heterocycles. The van der Waals surface area contributed by atoms with Gasteiger partial charge in [-0.25, -0.2) is 4.98 Å². The summed E-state index contributed by atoms with van der Waals surface area (Å²) in [5.74, 6) is 1.77. The molecule has 1 saturated carbocycles. The molecule has 1 aromatic heterocycles. The van der Waals surface area contributed by atoms with Crippen LogP contribution in [0, 0.1) is 16.7 Å². The van der Waals surface area contributed by atoms with Crippen LogP contribution < -0.4 is 5.32 Å². The lowest BCUT2D eigenvalue weighted by molar-refractivity contribution is 0.457. The lowest BCUT2D eigenvalue weighted by Crippen LogP contribution is -2.11. The molecule has 0 aliphatic heterocycles. The SMILES string of the molecule is CCCCNc1nccn1CC1C(C)(C)C1(C)C. The van der Waals surface area contributed by atoms with Crippen molar-refractivity contribution < 1.29 is 0 Å². The Morgan fingerprint density at radius 1 is 1.28 bits per heavy atom. The van der Waals surface area contributed by atoms with Crippen molar-refractivity contribution in [2.24, 2.45) is 16.7 Å². The highest BCUT2D eigenvalue weighted by Crippen LogP contribution is 2.68. The minimum atomic E-state index is 0.442. The third kappa shape index (κ3) is 2.15. The topological polar surface area (TPSA) is 29.9 Å². The van der Waals surface area contributed by atoms with E-state index in [2.05, 4.69) is 55.7 Å². The molecule has 1 aliphatic rings. The van der Waals surface area contributed by atoms with Gasteiger partial charge in [0.1, 0.15) is 0 Å². The molecule has 1 aromatic rings. The number of unbranched alkanes of at least 4 members (excludes halogenated alkanes) is 1.